The van der Waals surface area contributed by atoms with Gasteiger partial charge in [-0.1, -0.05) is 72.8 Å². The van der Waals surface area contributed by atoms with Gasteiger partial charge in [-0.05, 0) is 29.7 Å². The first-order valence-corrected chi connectivity index (χ1v) is 14.6. The molecule has 4 rings (SSSR count). The second-order valence-electron chi connectivity index (χ2n) is 8.85. The molecule has 2 atom stereocenters. The van der Waals surface area contributed by atoms with Gasteiger partial charge in [0, 0.05) is 17.4 Å². The van der Waals surface area contributed by atoms with Crippen LogP contribution in [-0.4, -0.2) is 43.1 Å². The number of carbonyl (C=O) groups is 2. The summed E-state index contributed by atoms with van der Waals surface area (Å²) in [5.74, 6) is -0.416. The number of anilines is 1. The van der Waals surface area contributed by atoms with Gasteiger partial charge in [-0.25, -0.2) is 9.78 Å². The van der Waals surface area contributed by atoms with Crippen LogP contribution in [0.25, 0.3) is 11.3 Å². The number of nitrogens with zero attached hydrogens (tertiary/aromatic N) is 1. The van der Waals surface area contributed by atoms with Crippen molar-refractivity contribution in [3.63, 3.8) is 0 Å². The first-order chi connectivity index (χ1) is 19.2. The number of nitrogens with one attached hydrogen (secondary N) is 3. The van der Waals surface area contributed by atoms with Crippen molar-refractivity contribution in [1.82, 2.24) is 15.6 Å². The molecule has 2 amide bonds. The molecule has 0 radical (unpaired) electrons. The summed E-state index contributed by atoms with van der Waals surface area (Å²) in [5, 5.41) is 8.22. The van der Waals surface area contributed by atoms with Gasteiger partial charge in [-0.3, -0.25) is 14.1 Å². The lowest BCUT2D eigenvalue weighted by molar-refractivity contribution is -0.123. The van der Waals surface area contributed by atoms with E-state index in [1.807, 2.05) is 70.8 Å². The van der Waals surface area contributed by atoms with Gasteiger partial charge in [-0.2, -0.15) is 8.42 Å². The number of amides is 2. The SMILES string of the molecule is COC(=O)NC(Cc1ccccc1)C(=O)N[C@@H](Cc1ccc(NS(=O)(=O)O)cc1)c1nc(-c2ccccc2)cs1. The van der Waals surface area contributed by atoms with Crippen LogP contribution in [0.1, 0.15) is 22.2 Å². The maximum absolute atomic E-state index is 13.6. The van der Waals surface area contributed by atoms with Crippen LogP contribution in [0, 0.1) is 0 Å². The van der Waals surface area contributed by atoms with E-state index in [1.165, 1.54) is 30.6 Å². The zero-order valence-electron chi connectivity index (χ0n) is 21.5. The standard InChI is InChI=1S/C28H28N4O6S2/c1-38-28(34)31-23(16-19-8-4-2-5-9-19)26(33)29-24(17-20-12-14-22(15-13-20)32-40(35,36)37)27-30-25(18-39-27)21-10-6-3-7-11-21/h2-15,18,23-24,32H,16-17H2,1H3,(H,29,33)(H,31,34)(H,35,36,37)/t23?,24-/m0/s1. The summed E-state index contributed by atoms with van der Waals surface area (Å²) in [6.07, 6.45) is -0.150. The monoisotopic (exact) mass is 580 g/mol. The second kappa shape index (κ2) is 13.2. The molecule has 12 heteroatoms. The Morgan fingerprint density at radius 3 is 2.15 bits per heavy atom. The van der Waals surface area contributed by atoms with E-state index in [9.17, 15) is 18.0 Å². The molecule has 0 aliphatic carbocycles. The van der Waals surface area contributed by atoms with Gasteiger partial charge >= 0.3 is 16.4 Å². The fraction of sp³-hybridized carbons (Fsp3) is 0.179. The van der Waals surface area contributed by atoms with Crippen molar-refractivity contribution in [1.29, 1.82) is 0 Å². The maximum Gasteiger partial charge on any atom is 0.407 e. The van der Waals surface area contributed by atoms with E-state index in [0.717, 1.165) is 22.4 Å². The molecule has 0 bridgehead atoms. The summed E-state index contributed by atoms with van der Waals surface area (Å²) >= 11 is 1.40. The number of alkyl carbamates (subject to hydrolysis) is 1. The van der Waals surface area contributed by atoms with Crippen LogP contribution in [0.15, 0.2) is 90.3 Å². The van der Waals surface area contributed by atoms with Crippen LogP contribution in [-0.2, 0) is 32.7 Å². The van der Waals surface area contributed by atoms with Gasteiger partial charge < -0.3 is 15.4 Å². The highest BCUT2D eigenvalue weighted by Gasteiger charge is 2.26. The number of hydrogen-bond donors (Lipinski definition) is 4. The molecule has 0 aliphatic heterocycles. The highest BCUT2D eigenvalue weighted by atomic mass is 32.2. The lowest BCUT2D eigenvalue weighted by atomic mass is 10.0. The van der Waals surface area contributed by atoms with E-state index in [-0.39, 0.29) is 12.1 Å². The highest BCUT2D eigenvalue weighted by molar-refractivity contribution is 7.87. The Hall–Kier alpha value is -4.26. The molecular formula is C28H28N4O6S2. The predicted octanol–water partition coefficient (Wildman–Crippen LogP) is 4.39. The van der Waals surface area contributed by atoms with Gasteiger partial charge in [0.2, 0.25) is 5.91 Å². The molecule has 3 aromatic carbocycles. The van der Waals surface area contributed by atoms with Crippen molar-refractivity contribution in [2.75, 3.05) is 11.8 Å². The number of carbonyl (C=O) groups excluding carboxylic acids is 2. The van der Waals surface area contributed by atoms with E-state index in [4.69, 9.17) is 14.3 Å². The summed E-state index contributed by atoms with van der Waals surface area (Å²) in [7, 11) is -3.17. The minimum Gasteiger partial charge on any atom is -0.453 e. The van der Waals surface area contributed by atoms with Crippen LogP contribution < -0.4 is 15.4 Å². The van der Waals surface area contributed by atoms with Crippen LogP contribution >= 0.6 is 11.3 Å². The predicted molar refractivity (Wildman–Crippen MR) is 153 cm³/mol. The van der Waals surface area contributed by atoms with E-state index < -0.39 is 34.4 Å². The van der Waals surface area contributed by atoms with Crippen molar-refractivity contribution >= 4 is 39.3 Å². The molecule has 0 aliphatic rings. The Labute approximate surface area is 236 Å². The number of aromatic nitrogens is 1. The zero-order valence-corrected chi connectivity index (χ0v) is 23.1. The van der Waals surface area contributed by atoms with Gasteiger partial charge in [0.25, 0.3) is 0 Å². The molecule has 10 nitrogen and oxygen atoms in total. The summed E-state index contributed by atoms with van der Waals surface area (Å²) in [4.78, 5) is 30.4. The van der Waals surface area contributed by atoms with Crippen LogP contribution in [0.3, 0.4) is 0 Å². The number of ether oxygens (including phenoxy) is 1. The molecule has 1 unspecified atom stereocenters. The normalized spacial score (nSPS) is 12.7. The Bertz CT molecular complexity index is 1530. The van der Waals surface area contributed by atoms with Crippen molar-refractivity contribution in [2.24, 2.45) is 0 Å². The number of thiazole rings is 1. The molecule has 40 heavy (non-hydrogen) atoms. The fourth-order valence-electron chi connectivity index (χ4n) is 4.02. The van der Waals surface area contributed by atoms with Gasteiger partial charge in [0.05, 0.1) is 24.5 Å². The van der Waals surface area contributed by atoms with E-state index in [2.05, 4.69) is 10.6 Å². The number of rotatable bonds is 11. The Morgan fingerprint density at radius 1 is 0.900 bits per heavy atom. The molecule has 0 saturated heterocycles. The third-order valence-corrected chi connectivity index (χ3v) is 7.38. The molecule has 1 aromatic heterocycles. The van der Waals surface area contributed by atoms with Gasteiger partial charge in [0.1, 0.15) is 11.0 Å². The lowest BCUT2D eigenvalue weighted by Crippen LogP contribution is -2.49. The van der Waals surface area contributed by atoms with Crippen molar-refractivity contribution < 1.29 is 27.3 Å². The quantitative estimate of drug-likeness (QED) is 0.192. The zero-order chi connectivity index (χ0) is 28.5. The lowest BCUT2D eigenvalue weighted by Gasteiger charge is -2.22. The Kier molecular flexibility index (Phi) is 9.48. The second-order valence-corrected chi connectivity index (χ2v) is 10.9. The van der Waals surface area contributed by atoms with Crippen LogP contribution in [0.4, 0.5) is 10.5 Å². The van der Waals surface area contributed by atoms with E-state index in [0.29, 0.717) is 11.4 Å². The Morgan fingerprint density at radius 2 is 1.52 bits per heavy atom. The fourth-order valence-corrected chi connectivity index (χ4v) is 5.33. The summed E-state index contributed by atoms with van der Waals surface area (Å²) in [6, 6.07) is 23.9. The molecule has 4 aromatic rings. The molecule has 0 fully saturated rings. The number of methoxy groups -OCH3 is 1. The third-order valence-electron chi connectivity index (χ3n) is 5.92. The molecule has 4 N–H and O–H groups in total. The average Bonchev–Trinajstić information content (AvgIpc) is 3.44. The highest BCUT2D eigenvalue weighted by Crippen LogP contribution is 2.28. The first kappa shape index (κ1) is 28.7. The van der Waals surface area contributed by atoms with Crippen molar-refractivity contribution in [2.45, 2.75) is 24.9 Å². The largest absolute Gasteiger partial charge is 0.453 e. The molecular weight excluding hydrogens is 552 g/mol. The minimum absolute atomic E-state index is 0.192. The number of benzene rings is 3. The first-order valence-electron chi connectivity index (χ1n) is 12.2. The minimum atomic E-state index is -4.40. The summed E-state index contributed by atoms with van der Waals surface area (Å²) in [6.45, 7) is 0. The van der Waals surface area contributed by atoms with E-state index >= 15 is 0 Å². The molecule has 0 spiro atoms. The Balaban J connectivity index is 1.60. The van der Waals surface area contributed by atoms with Crippen LogP contribution in [0.5, 0.6) is 0 Å². The molecule has 0 saturated carbocycles. The van der Waals surface area contributed by atoms with E-state index in [1.54, 1.807) is 12.1 Å². The summed E-state index contributed by atoms with van der Waals surface area (Å²) < 4.78 is 38.1. The topological polar surface area (TPSA) is 147 Å². The molecule has 1 heterocycles. The van der Waals surface area contributed by atoms with Gasteiger partial charge in [0.15, 0.2) is 0 Å². The number of hydrogen-bond acceptors (Lipinski definition) is 7. The van der Waals surface area contributed by atoms with Crippen molar-refractivity contribution in [3.05, 3.63) is 106 Å². The summed E-state index contributed by atoms with van der Waals surface area (Å²) in [5.41, 5.74) is 3.53. The maximum atomic E-state index is 13.6. The van der Waals surface area contributed by atoms with Crippen LogP contribution in [0.2, 0.25) is 0 Å². The third kappa shape index (κ3) is 8.37. The van der Waals surface area contributed by atoms with Crippen molar-refractivity contribution in [3.8, 4) is 11.3 Å². The smallest absolute Gasteiger partial charge is 0.407 e. The molecule has 208 valence electrons. The average molecular weight is 581 g/mol. The van der Waals surface area contributed by atoms with Gasteiger partial charge in [-0.15, -0.1) is 11.3 Å².